The molecule has 0 radical (unpaired) electrons. The Morgan fingerprint density at radius 3 is 2.15 bits per heavy atom. The molecule has 0 fully saturated rings. The summed E-state index contributed by atoms with van der Waals surface area (Å²) < 4.78 is -1.85. The zero-order valence-electron chi connectivity index (χ0n) is 6.92. The van der Waals surface area contributed by atoms with Gasteiger partial charge in [-0.2, -0.15) is 0 Å². The third-order valence-electron chi connectivity index (χ3n) is 1.68. The van der Waals surface area contributed by atoms with Crippen molar-refractivity contribution >= 4 is 29.2 Å². The molecule has 0 saturated heterocycles. The van der Waals surface area contributed by atoms with E-state index in [1.165, 1.54) is 0 Å². The summed E-state index contributed by atoms with van der Waals surface area (Å²) >= 11 is 11.2. The molecule has 2 nitrogen and oxygen atoms in total. The molecule has 0 bridgehead atoms. The van der Waals surface area contributed by atoms with Crippen molar-refractivity contribution in [3.63, 3.8) is 0 Å². The third-order valence-corrected chi connectivity index (χ3v) is 2.44. The average molecular weight is 219 g/mol. The lowest BCUT2D eigenvalue weighted by Crippen LogP contribution is -2.22. The summed E-state index contributed by atoms with van der Waals surface area (Å²) in [5, 5.41) is 8.70. The number of aliphatic carboxylic acids is 1. The second-order valence-electron chi connectivity index (χ2n) is 2.75. The van der Waals surface area contributed by atoms with Gasteiger partial charge in [0.05, 0.1) is 0 Å². The first-order valence-corrected chi connectivity index (χ1v) is 4.38. The second kappa shape index (κ2) is 3.56. The maximum atomic E-state index is 10.6. The van der Waals surface area contributed by atoms with Crippen molar-refractivity contribution in [2.75, 3.05) is 0 Å². The maximum absolute atomic E-state index is 10.6. The number of carboxylic acids is 1. The van der Waals surface area contributed by atoms with Gasteiger partial charge in [-0.05, 0) is 12.5 Å². The van der Waals surface area contributed by atoms with Crippen molar-refractivity contribution < 1.29 is 9.90 Å². The van der Waals surface area contributed by atoms with E-state index in [-0.39, 0.29) is 0 Å². The van der Waals surface area contributed by atoms with Crippen LogP contribution in [0, 0.1) is 6.92 Å². The highest BCUT2D eigenvalue weighted by Crippen LogP contribution is 2.33. The molecule has 4 heteroatoms. The van der Waals surface area contributed by atoms with Crippen LogP contribution < -0.4 is 0 Å². The molecule has 0 aliphatic heterocycles. The van der Waals surface area contributed by atoms with Crippen LogP contribution in [0.25, 0.3) is 0 Å². The first-order valence-electron chi connectivity index (χ1n) is 3.63. The number of hydrogen-bond donors (Lipinski definition) is 1. The largest absolute Gasteiger partial charge is 0.479 e. The van der Waals surface area contributed by atoms with Gasteiger partial charge in [0.15, 0.2) is 0 Å². The van der Waals surface area contributed by atoms with E-state index >= 15 is 0 Å². The van der Waals surface area contributed by atoms with Crippen LogP contribution in [-0.2, 0) is 9.13 Å². The van der Waals surface area contributed by atoms with Crippen LogP contribution in [0.2, 0.25) is 0 Å². The Bertz CT molecular complexity index is 317. The Labute approximate surface area is 86.1 Å². The molecule has 1 rings (SSSR count). The van der Waals surface area contributed by atoms with Crippen molar-refractivity contribution in [1.82, 2.24) is 0 Å². The summed E-state index contributed by atoms with van der Waals surface area (Å²) in [4.78, 5) is 10.6. The van der Waals surface area contributed by atoms with E-state index in [2.05, 4.69) is 0 Å². The number of halogens is 2. The Hall–Kier alpha value is -0.730. The standard InChI is InChI=1S/C9H8Cl2O2/c1-6-2-4-7(5-3-6)9(10,11)8(12)13/h2-5H,1H3,(H,12,13). The van der Waals surface area contributed by atoms with Crippen LogP contribution in [0.15, 0.2) is 24.3 Å². The molecule has 0 spiro atoms. The van der Waals surface area contributed by atoms with Crippen LogP contribution in [0.5, 0.6) is 0 Å². The highest BCUT2D eigenvalue weighted by molar-refractivity contribution is 6.56. The molecule has 0 aliphatic rings. The lowest BCUT2D eigenvalue weighted by atomic mass is 10.1. The summed E-state index contributed by atoms with van der Waals surface area (Å²) in [5.74, 6) is -1.26. The Morgan fingerprint density at radius 1 is 1.31 bits per heavy atom. The number of alkyl halides is 2. The normalized spacial score (nSPS) is 11.3. The van der Waals surface area contributed by atoms with Crippen molar-refractivity contribution in [3.05, 3.63) is 35.4 Å². The van der Waals surface area contributed by atoms with E-state index in [0.717, 1.165) is 5.56 Å². The Kier molecular flexibility index (Phi) is 2.84. The zero-order chi connectivity index (χ0) is 10.1. The Morgan fingerprint density at radius 2 is 1.77 bits per heavy atom. The first kappa shape index (κ1) is 10.4. The van der Waals surface area contributed by atoms with Gasteiger partial charge < -0.3 is 5.11 Å². The number of carbonyl (C=O) groups is 1. The molecular weight excluding hydrogens is 211 g/mol. The van der Waals surface area contributed by atoms with Gasteiger partial charge in [-0.1, -0.05) is 53.0 Å². The summed E-state index contributed by atoms with van der Waals surface area (Å²) in [7, 11) is 0. The molecule has 1 aromatic rings. The summed E-state index contributed by atoms with van der Waals surface area (Å²) in [6.45, 7) is 1.90. The number of aryl methyl sites for hydroxylation is 1. The lowest BCUT2D eigenvalue weighted by Gasteiger charge is -2.14. The van der Waals surface area contributed by atoms with E-state index in [4.69, 9.17) is 28.3 Å². The van der Waals surface area contributed by atoms with E-state index in [0.29, 0.717) is 5.56 Å². The molecule has 0 saturated carbocycles. The second-order valence-corrected chi connectivity index (χ2v) is 4.07. The fourth-order valence-electron chi connectivity index (χ4n) is 0.886. The molecule has 0 unspecified atom stereocenters. The van der Waals surface area contributed by atoms with E-state index < -0.39 is 10.3 Å². The lowest BCUT2D eigenvalue weighted by molar-refractivity contribution is -0.138. The molecule has 70 valence electrons. The molecule has 13 heavy (non-hydrogen) atoms. The van der Waals surface area contributed by atoms with Gasteiger partial charge in [-0.15, -0.1) is 0 Å². The molecule has 0 aliphatic carbocycles. The maximum Gasteiger partial charge on any atom is 0.344 e. The summed E-state index contributed by atoms with van der Waals surface area (Å²) in [5.41, 5.74) is 1.40. The molecule has 0 heterocycles. The first-order chi connectivity index (χ1) is 5.94. The molecular formula is C9H8Cl2O2. The summed E-state index contributed by atoms with van der Waals surface area (Å²) in [6.07, 6.45) is 0. The fraction of sp³-hybridized carbons (Fsp3) is 0.222. The number of rotatable bonds is 2. The molecule has 1 N–H and O–H groups in total. The van der Waals surface area contributed by atoms with Crippen LogP contribution in [-0.4, -0.2) is 11.1 Å². The van der Waals surface area contributed by atoms with Crippen LogP contribution >= 0.6 is 23.2 Å². The topological polar surface area (TPSA) is 37.3 Å². The van der Waals surface area contributed by atoms with Gasteiger partial charge in [-0.3, -0.25) is 0 Å². The van der Waals surface area contributed by atoms with Gasteiger partial charge in [0.1, 0.15) is 0 Å². The van der Waals surface area contributed by atoms with Crippen LogP contribution in [0.3, 0.4) is 0 Å². The third kappa shape index (κ3) is 2.14. The van der Waals surface area contributed by atoms with E-state index in [1.807, 2.05) is 6.92 Å². The zero-order valence-corrected chi connectivity index (χ0v) is 8.43. The van der Waals surface area contributed by atoms with Crippen molar-refractivity contribution in [1.29, 1.82) is 0 Å². The summed E-state index contributed by atoms with van der Waals surface area (Å²) in [6, 6.07) is 6.72. The van der Waals surface area contributed by atoms with Crippen LogP contribution in [0.4, 0.5) is 0 Å². The van der Waals surface area contributed by atoms with Gasteiger partial charge in [0.2, 0.25) is 4.33 Å². The highest BCUT2D eigenvalue weighted by Gasteiger charge is 2.35. The van der Waals surface area contributed by atoms with Gasteiger partial charge in [0, 0.05) is 0 Å². The Balaban J connectivity index is 3.08. The smallest absolute Gasteiger partial charge is 0.344 e. The van der Waals surface area contributed by atoms with Gasteiger partial charge in [0.25, 0.3) is 0 Å². The van der Waals surface area contributed by atoms with Gasteiger partial charge in [-0.25, -0.2) is 4.79 Å². The van der Waals surface area contributed by atoms with Crippen molar-refractivity contribution in [2.24, 2.45) is 0 Å². The molecule has 0 aromatic heterocycles. The monoisotopic (exact) mass is 218 g/mol. The fourth-order valence-corrected chi connectivity index (χ4v) is 1.14. The minimum absolute atomic E-state index is 0.369. The minimum atomic E-state index is -1.85. The van der Waals surface area contributed by atoms with Crippen LogP contribution in [0.1, 0.15) is 11.1 Å². The van der Waals surface area contributed by atoms with Gasteiger partial charge >= 0.3 is 5.97 Å². The van der Waals surface area contributed by atoms with Crippen molar-refractivity contribution in [3.8, 4) is 0 Å². The highest BCUT2D eigenvalue weighted by atomic mass is 35.5. The average Bonchev–Trinajstić information content (AvgIpc) is 2.04. The molecule has 0 atom stereocenters. The quantitative estimate of drug-likeness (QED) is 0.776. The number of benzene rings is 1. The predicted octanol–water partition coefficient (Wildman–Crippen LogP) is 2.71. The van der Waals surface area contributed by atoms with E-state index in [1.54, 1.807) is 24.3 Å². The van der Waals surface area contributed by atoms with Crippen molar-refractivity contribution in [2.45, 2.75) is 11.3 Å². The molecule has 1 aromatic carbocycles. The molecule has 0 amide bonds. The van der Waals surface area contributed by atoms with E-state index in [9.17, 15) is 4.79 Å². The predicted molar refractivity (Wildman–Crippen MR) is 52.2 cm³/mol. The number of hydrogen-bond acceptors (Lipinski definition) is 1. The number of carboxylic acid groups (broad SMARTS) is 1. The minimum Gasteiger partial charge on any atom is -0.479 e. The SMILES string of the molecule is Cc1ccc(C(Cl)(Cl)C(=O)O)cc1.